The molecular weight excluding hydrogens is 215 g/mol. The first kappa shape index (κ1) is 14.4. The summed E-state index contributed by atoms with van der Waals surface area (Å²) in [5.74, 6) is -0.410. The number of nitrogens with zero attached hydrogens (tertiary/aromatic N) is 1. The number of rotatable bonds is 2. The van der Waals surface area contributed by atoms with E-state index in [0.29, 0.717) is 5.56 Å². The first-order valence-electron chi connectivity index (χ1n) is 4.80. The van der Waals surface area contributed by atoms with E-state index in [2.05, 4.69) is 25.9 Å². The van der Waals surface area contributed by atoms with Gasteiger partial charge in [0, 0.05) is 12.1 Å². The van der Waals surface area contributed by atoms with Gasteiger partial charge >= 0.3 is 0 Å². The zero-order valence-corrected chi connectivity index (χ0v) is 10.2. The van der Waals surface area contributed by atoms with Crippen molar-refractivity contribution in [1.29, 1.82) is 0 Å². The van der Waals surface area contributed by atoms with Crippen molar-refractivity contribution >= 4 is 11.6 Å². The SMILES string of the molecule is CCN(C)C.NCc1cccc(Cl)c1F. The molecule has 0 unspecified atom stereocenters. The maximum atomic E-state index is 12.8. The van der Waals surface area contributed by atoms with Crippen molar-refractivity contribution in [3.8, 4) is 0 Å². The van der Waals surface area contributed by atoms with Gasteiger partial charge in [0.05, 0.1) is 5.02 Å². The second-order valence-corrected chi connectivity index (χ2v) is 3.72. The summed E-state index contributed by atoms with van der Waals surface area (Å²) in [6, 6.07) is 4.78. The summed E-state index contributed by atoms with van der Waals surface area (Å²) in [6.45, 7) is 3.45. The maximum Gasteiger partial charge on any atom is 0.146 e. The molecule has 0 heterocycles. The van der Waals surface area contributed by atoms with Gasteiger partial charge in [0.15, 0.2) is 0 Å². The highest BCUT2D eigenvalue weighted by atomic mass is 35.5. The Bertz CT molecular complexity index is 290. The molecule has 0 fully saturated rings. The Kier molecular flexibility index (Phi) is 7.30. The van der Waals surface area contributed by atoms with Crippen molar-refractivity contribution in [2.45, 2.75) is 13.5 Å². The normalized spacial score (nSPS) is 9.80. The van der Waals surface area contributed by atoms with Gasteiger partial charge in [-0.3, -0.25) is 0 Å². The van der Waals surface area contributed by atoms with E-state index in [1.165, 1.54) is 6.07 Å². The van der Waals surface area contributed by atoms with Crippen LogP contribution in [0, 0.1) is 5.82 Å². The van der Waals surface area contributed by atoms with Gasteiger partial charge in [0.25, 0.3) is 0 Å². The van der Waals surface area contributed by atoms with Crippen molar-refractivity contribution in [3.05, 3.63) is 34.6 Å². The predicted octanol–water partition coefficient (Wildman–Crippen LogP) is 2.51. The summed E-state index contributed by atoms with van der Waals surface area (Å²) < 4.78 is 12.8. The lowest BCUT2D eigenvalue weighted by Gasteiger charge is -2.00. The third kappa shape index (κ3) is 5.72. The highest BCUT2D eigenvalue weighted by Gasteiger charge is 2.02. The largest absolute Gasteiger partial charge is 0.326 e. The Morgan fingerprint density at radius 3 is 2.27 bits per heavy atom. The second kappa shape index (κ2) is 7.63. The van der Waals surface area contributed by atoms with Gasteiger partial charge in [-0.1, -0.05) is 30.7 Å². The molecule has 0 saturated heterocycles. The van der Waals surface area contributed by atoms with E-state index in [0.717, 1.165) is 6.54 Å². The Labute approximate surface area is 95.8 Å². The van der Waals surface area contributed by atoms with E-state index in [4.69, 9.17) is 17.3 Å². The molecule has 0 aromatic heterocycles. The van der Waals surface area contributed by atoms with Crippen LogP contribution in [0.15, 0.2) is 18.2 Å². The van der Waals surface area contributed by atoms with Crippen molar-refractivity contribution in [1.82, 2.24) is 4.90 Å². The second-order valence-electron chi connectivity index (χ2n) is 3.31. The van der Waals surface area contributed by atoms with Crippen LogP contribution in [0.5, 0.6) is 0 Å². The highest BCUT2D eigenvalue weighted by Crippen LogP contribution is 2.16. The molecule has 0 radical (unpaired) electrons. The van der Waals surface area contributed by atoms with E-state index >= 15 is 0 Å². The molecule has 0 atom stereocenters. The molecule has 0 spiro atoms. The van der Waals surface area contributed by atoms with Gasteiger partial charge in [0.2, 0.25) is 0 Å². The summed E-state index contributed by atoms with van der Waals surface area (Å²) in [4.78, 5) is 2.12. The topological polar surface area (TPSA) is 29.3 Å². The van der Waals surface area contributed by atoms with Gasteiger partial charge in [-0.25, -0.2) is 4.39 Å². The number of hydrogen-bond acceptors (Lipinski definition) is 2. The van der Waals surface area contributed by atoms with E-state index in [-0.39, 0.29) is 11.6 Å². The summed E-state index contributed by atoms with van der Waals surface area (Å²) in [5, 5.41) is 0.128. The lowest BCUT2D eigenvalue weighted by Crippen LogP contribution is -2.08. The lowest BCUT2D eigenvalue weighted by atomic mass is 10.2. The van der Waals surface area contributed by atoms with Crippen LogP contribution in [-0.4, -0.2) is 25.5 Å². The van der Waals surface area contributed by atoms with Gasteiger partial charge in [-0.05, 0) is 26.7 Å². The van der Waals surface area contributed by atoms with Gasteiger partial charge < -0.3 is 10.6 Å². The molecule has 0 saturated carbocycles. The molecule has 0 aliphatic rings. The lowest BCUT2D eigenvalue weighted by molar-refractivity contribution is 0.434. The molecule has 0 amide bonds. The van der Waals surface area contributed by atoms with Crippen LogP contribution in [0.4, 0.5) is 4.39 Å². The van der Waals surface area contributed by atoms with Crippen molar-refractivity contribution in [3.63, 3.8) is 0 Å². The van der Waals surface area contributed by atoms with Crippen LogP contribution < -0.4 is 5.73 Å². The molecule has 15 heavy (non-hydrogen) atoms. The summed E-state index contributed by atoms with van der Waals surface area (Å²) >= 11 is 5.46. The molecular formula is C11H18ClFN2. The summed E-state index contributed by atoms with van der Waals surface area (Å²) in [7, 11) is 4.11. The van der Waals surface area contributed by atoms with Gasteiger partial charge in [-0.2, -0.15) is 0 Å². The van der Waals surface area contributed by atoms with Crippen LogP contribution >= 0.6 is 11.6 Å². The van der Waals surface area contributed by atoms with Crippen LogP contribution in [0.1, 0.15) is 12.5 Å². The maximum absolute atomic E-state index is 12.8. The Morgan fingerprint density at radius 1 is 1.40 bits per heavy atom. The Morgan fingerprint density at radius 2 is 1.93 bits per heavy atom. The molecule has 4 heteroatoms. The fourth-order valence-electron chi connectivity index (χ4n) is 0.706. The van der Waals surface area contributed by atoms with E-state index in [1.54, 1.807) is 12.1 Å². The monoisotopic (exact) mass is 232 g/mol. The van der Waals surface area contributed by atoms with Gasteiger partial charge in [0.1, 0.15) is 5.82 Å². The Hall–Kier alpha value is -0.640. The fourth-order valence-corrected chi connectivity index (χ4v) is 0.900. The van der Waals surface area contributed by atoms with E-state index in [1.807, 2.05) is 0 Å². The average Bonchev–Trinajstić information content (AvgIpc) is 2.23. The van der Waals surface area contributed by atoms with Gasteiger partial charge in [-0.15, -0.1) is 0 Å². The minimum Gasteiger partial charge on any atom is -0.326 e. The predicted molar refractivity (Wildman–Crippen MR) is 63.5 cm³/mol. The standard InChI is InChI=1S/C7H7ClFN.C4H11N/c8-6-3-1-2-5(4-10)7(6)9;1-4-5(2)3/h1-3H,4,10H2;4H2,1-3H3. The quantitative estimate of drug-likeness (QED) is 0.849. The minimum absolute atomic E-state index is 0.128. The average molecular weight is 233 g/mol. The smallest absolute Gasteiger partial charge is 0.146 e. The number of hydrogen-bond donors (Lipinski definition) is 1. The molecule has 0 aliphatic heterocycles. The Balaban J connectivity index is 0.000000336. The molecule has 1 aromatic rings. The third-order valence-corrected chi connectivity index (χ3v) is 2.18. The number of benzene rings is 1. The fraction of sp³-hybridized carbons (Fsp3) is 0.455. The van der Waals surface area contributed by atoms with E-state index in [9.17, 15) is 4.39 Å². The summed E-state index contributed by atoms with van der Waals surface area (Å²) in [6.07, 6.45) is 0. The van der Waals surface area contributed by atoms with Crippen LogP contribution in [0.3, 0.4) is 0 Å². The molecule has 2 N–H and O–H groups in total. The van der Waals surface area contributed by atoms with Crippen molar-refractivity contribution < 1.29 is 4.39 Å². The molecule has 1 aromatic carbocycles. The first-order valence-corrected chi connectivity index (χ1v) is 5.18. The zero-order valence-electron chi connectivity index (χ0n) is 9.43. The highest BCUT2D eigenvalue weighted by molar-refractivity contribution is 6.30. The molecule has 86 valence electrons. The van der Waals surface area contributed by atoms with Crippen molar-refractivity contribution in [2.75, 3.05) is 20.6 Å². The number of halogens is 2. The van der Waals surface area contributed by atoms with E-state index < -0.39 is 5.82 Å². The van der Waals surface area contributed by atoms with Crippen LogP contribution in [0.25, 0.3) is 0 Å². The van der Waals surface area contributed by atoms with Crippen LogP contribution in [0.2, 0.25) is 5.02 Å². The van der Waals surface area contributed by atoms with Crippen molar-refractivity contribution in [2.24, 2.45) is 5.73 Å². The first-order chi connectivity index (χ1) is 7.02. The van der Waals surface area contributed by atoms with Crippen LogP contribution in [-0.2, 0) is 6.54 Å². The number of nitrogens with two attached hydrogens (primary N) is 1. The third-order valence-electron chi connectivity index (χ3n) is 1.88. The molecule has 2 nitrogen and oxygen atoms in total. The molecule has 0 bridgehead atoms. The minimum atomic E-state index is -0.410. The summed E-state index contributed by atoms with van der Waals surface area (Å²) in [5.41, 5.74) is 5.67. The zero-order chi connectivity index (χ0) is 11.8. The molecule has 1 rings (SSSR count). The molecule has 0 aliphatic carbocycles.